The SMILES string of the molecule is CCOC(=O)c1n[nH]c(=S)n(-c2ccccc2)c1=O. The Morgan fingerprint density at radius 3 is 2.74 bits per heavy atom. The molecule has 0 saturated heterocycles. The Morgan fingerprint density at radius 2 is 2.11 bits per heavy atom. The highest BCUT2D eigenvalue weighted by Crippen LogP contribution is 2.04. The lowest BCUT2D eigenvalue weighted by Crippen LogP contribution is -2.29. The fraction of sp³-hybridized carbons (Fsp3) is 0.167. The smallest absolute Gasteiger partial charge is 0.364 e. The Bertz CT molecular complexity index is 706. The average Bonchev–Trinajstić information content (AvgIpc) is 2.40. The highest BCUT2D eigenvalue weighted by molar-refractivity contribution is 7.71. The molecule has 1 aromatic heterocycles. The number of aromatic nitrogens is 3. The van der Waals surface area contributed by atoms with Gasteiger partial charge in [0.1, 0.15) is 0 Å². The maximum absolute atomic E-state index is 12.2. The van der Waals surface area contributed by atoms with E-state index >= 15 is 0 Å². The summed E-state index contributed by atoms with van der Waals surface area (Å²) in [5, 5.41) is 6.12. The number of esters is 1. The Hall–Kier alpha value is -2.28. The van der Waals surface area contributed by atoms with Gasteiger partial charge in [0.2, 0.25) is 10.5 Å². The zero-order valence-corrected chi connectivity index (χ0v) is 10.9. The van der Waals surface area contributed by atoms with E-state index in [9.17, 15) is 9.59 Å². The lowest BCUT2D eigenvalue weighted by Gasteiger charge is -2.07. The number of hydrogen-bond acceptors (Lipinski definition) is 5. The largest absolute Gasteiger partial charge is 0.461 e. The van der Waals surface area contributed by atoms with Crippen molar-refractivity contribution in [2.45, 2.75) is 6.92 Å². The third-order valence-corrected chi connectivity index (χ3v) is 2.63. The van der Waals surface area contributed by atoms with Crippen LogP contribution in [0.1, 0.15) is 17.4 Å². The number of hydrogen-bond donors (Lipinski definition) is 1. The van der Waals surface area contributed by atoms with Crippen LogP contribution in [0.25, 0.3) is 5.69 Å². The molecule has 19 heavy (non-hydrogen) atoms. The molecule has 0 saturated carbocycles. The van der Waals surface area contributed by atoms with E-state index in [1.807, 2.05) is 6.07 Å². The number of benzene rings is 1. The van der Waals surface area contributed by atoms with E-state index in [0.29, 0.717) is 5.69 Å². The van der Waals surface area contributed by atoms with Crippen molar-refractivity contribution in [3.8, 4) is 5.69 Å². The quantitative estimate of drug-likeness (QED) is 0.679. The van der Waals surface area contributed by atoms with Crippen molar-refractivity contribution in [1.29, 1.82) is 0 Å². The van der Waals surface area contributed by atoms with Gasteiger partial charge in [0.25, 0.3) is 5.56 Å². The summed E-state index contributed by atoms with van der Waals surface area (Å²) in [6.45, 7) is 1.82. The Morgan fingerprint density at radius 1 is 1.42 bits per heavy atom. The van der Waals surface area contributed by atoms with Crippen molar-refractivity contribution in [3.63, 3.8) is 0 Å². The first-order valence-electron chi connectivity index (χ1n) is 5.59. The first-order chi connectivity index (χ1) is 9.15. The summed E-state index contributed by atoms with van der Waals surface area (Å²) in [5.41, 5.74) is -0.366. The summed E-state index contributed by atoms with van der Waals surface area (Å²) in [6.07, 6.45) is 0. The molecule has 1 heterocycles. The molecule has 0 fully saturated rings. The van der Waals surface area contributed by atoms with Crippen LogP contribution in [0.2, 0.25) is 0 Å². The number of para-hydroxylation sites is 1. The molecular weight excluding hydrogens is 266 g/mol. The lowest BCUT2D eigenvalue weighted by atomic mass is 10.3. The standard InChI is InChI=1S/C12H11N3O3S/c1-2-18-11(17)9-10(16)15(12(19)14-13-9)8-6-4-3-5-7-8/h3-7H,2H2,1H3,(H,14,19). The van der Waals surface area contributed by atoms with Gasteiger partial charge in [0.05, 0.1) is 12.3 Å². The van der Waals surface area contributed by atoms with E-state index in [-0.39, 0.29) is 17.1 Å². The first kappa shape index (κ1) is 13.2. The van der Waals surface area contributed by atoms with Crippen LogP contribution in [-0.2, 0) is 4.74 Å². The second-order valence-corrected chi connectivity index (χ2v) is 3.96. The van der Waals surface area contributed by atoms with Crippen LogP contribution in [0.5, 0.6) is 0 Å². The molecule has 6 nitrogen and oxygen atoms in total. The van der Waals surface area contributed by atoms with Crippen molar-refractivity contribution in [3.05, 3.63) is 51.2 Å². The second-order valence-electron chi connectivity index (χ2n) is 3.57. The molecule has 98 valence electrons. The van der Waals surface area contributed by atoms with Crippen LogP contribution in [0.3, 0.4) is 0 Å². The van der Waals surface area contributed by atoms with Crippen molar-refractivity contribution in [2.75, 3.05) is 6.61 Å². The van der Waals surface area contributed by atoms with Crippen molar-refractivity contribution in [1.82, 2.24) is 14.8 Å². The van der Waals surface area contributed by atoms with Crippen LogP contribution in [0.4, 0.5) is 0 Å². The summed E-state index contributed by atoms with van der Waals surface area (Å²) < 4.78 is 6.09. The van der Waals surface area contributed by atoms with Crippen LogP contribution in [0.15, 0.2) is 35.1 Å². The number of carbonyl (C=O) groups excluding carboxylic acids is 1. The molecule has 0 radical (unpaired) electrons. The van der Waals surface area contributed by atoms with E-state index in [4.69, 9.17) is 17.0 Å². The molecule has 0 amide bonds. The van der Waals surface area contributed by atoms with Gasteiger partial charge >= 0.3 is 5.97 Å². The van der Waals surface area contributed by atoms with E-state index in [2.05, 4.69) is 10.2 Å². The third-order valence-electron chi connectivity index (χ3n) is 2.36. The molecule has 2 aromatic rings. The minimum atomic E-state index is -0.775. The predicted octanol–water partition coefficient (Wildman–Crippen LogP) is 1.47. The number of carbonyl (C=O) groups is 1. The summed E-state index contributed by atoms with van der Waals surface area (Å²) >= 11 is 5.03. The maximum atomic E-state index is 12.2. The summed E-state index contributed by atoms with van der Waals surface area (Å²) in [7, 11) is 0. The van der Waals surface area contributed by atoms with E-state index in [0.717, 1.165) is 0 Å². The van der Waals surface area contributed by atoms with Crippen LogP contribution in [0, 0.1) is 4.77 Å². The third kappa shape index (κ3) is 2.60. The number of nitrogens with one attached hydrogen (secondary N) is 1. The molecule has 7 heteroatoms. The number of nitrogens with zero attached hydrogens (tertiary/aromatic N) is 2. The molecular formula is C12H11N3O3S. The number of ether oxygens (including phenoxy) is 1. The van der Waals surface area contributed by atoms with Gasteiger partial charge in [-0.15, -0.1) is 0 Å². The first-order valence-corrected chi connectivity index (χ1v) is 6.00. The molecule has 0 bridgehead atoms. The zero-order chi connectivity index (χ0) is 13.8. The minimum Gasteiger partial charge on any atom is -0.461 e. The van der Waals surface area contributed by atoms with Gasteiger partial charge in [-0.25, -0.2) is 4.79 Å². The fourth-order valence-electron chi connectivity index (χ4n) is 1.54. The topological polar surface area (TPSA) is 77.0 Å². The van der Waals surface area contributed by atoms with Crippen molar-refractivity contribution >= 4 is 18.2 Å². The Balaban J connectivity index is 2.63. The van der Waals surface area contributed by atoms with Gasteiger partial charge < -0.3 is 4.74 Å². The van der Waals surface area contributed by atoms with Gasteiger partial charge in [-0.3, -0.25) is 14.5 Å². The summed E-state index contributed by atoms with van der Waals surface area (Å²) in [5.74, 6) is -0.775. The molecule has 0 aliphatic rings. The van der Waals surface area contributed by atoms with E-state index in [1.54, 1.807) is 31.2 Å². The molecule has 1 aromatic carbocycles. The van der Waals surface area contributed by atoms with Crippen LogP contribution in [-0.4, -0.2) is 27.3 Å². The van der Waals surface area contributed by atoms with Gasteiger partial charge in [-0.1, -0.05) is 18.2 Å². The summed E-state index contributed by atoms with van der Waals surface area (Å²) in [4.78, 5) is 23.8. The fourth-order valence-corrected chi connectivity index (χ4v) is 1.78. The number of aromatic amines is 1. The number of H-pyrrole nitrogens is 1. The Kier molecular flexibility index (Phi) is 3.86. The van der Waals surface area contributed by atoms with Gasteiger partial charge in [-0.05, 0) is 31.3 Å². The average molecular weight is 277 g/mol. The van der Waals surface area contributed by atoms with Crippen molar-refractivity contribution in [2.24, 2.45) is 0 Å². The van der Waals surface area contributed by atoms with Gasteiger partial charge in [0, 0.05) is 0 Å². The maximum Gasteiger partial charge on any atom is 0.364 e. The van der Waals surface area contributed by atoms with E-state index < -0.39 is 11.5 Å². The van der Waals surface area contributed by atoms with Gasteiger partial charge in [0.15, 0.2) is 0 Å². The zero-order valence-electron chi connectivity index (χ0n) is 10.1. The second kappa shape index (κ2) is 5.57. The molecule has 0 unspecified atom stereocenters. The van der Waals surface area contributed by atoms with Crippen LogP contribution < -0.4 is 5.56 Å². The van der Waals surface area contributed by atoms with Gasteiger partial charge in [-0.2, -0.15) is 5.10 Å². The molecule has 0 aliphatic carbocycles. The van der Waals surface area contributed by atoms with E-state index in [1.165, 1.54) is 4.57 Å². The summed E-state index contributed by atoms with van der Waals surface area (Å²) in [6, 6.07) is 8.76. The molecule has 0 spiro atoms. The van der Waals surface area contributed by atoms with Crippen molar-refractivity contribution < 1.29 is 9.53 Å². The predicted molar refractivity (Wildman–Crippen MR) is 71.0 cm³/mol. The Labute approximate surface area is 113 Å². The monoisotopic (exact) mass is 277 g/mol. The molecule has 0 atom stereocenters. The molecule has 2 rings (SSSR count). The highest BCUT2D eigenvalue weighted by atomic mass is 32.1. The lowest BCUT2D eigenvalue weighted by molar-refractivity contribution is 0.0515. The minimum absolute atomic E-state index is 0.115. The molecule has 1 N–H and O–H groups in total. The van der Waals surface area contributed by atoms with Crippen LogP contribution >= 0.6 is 12.2 Å². The normalized spacial score (nSPS) is 10.2. The molecule has 0 aliphatic heterocycles. The number of rotatable bonds is 3. The highest BCUT2D eigenvalue weighted by Gasteiger charge is 2.17.